The van der Waals surface area contributed by atoms with Gasteiger partial charge in [-0.05, 0) is 43.6 Å². The van der Waals surface area contributed by atoms with Gasteiger partial charge in [-0.1, -0.05) is 77.8 Å². The van der Waals surface area contributed by atoms with Gasteiger partial charge < -0.3 is 36.8 Å². The van der Waals surface area contributed by atoms with Gasteiger partial charge in [0.05, 0.1) is 18.6 Å². The van der Waals surface area contributed by atoms with Crippen LogP contribution in [0.4, 0.5) is 0 Å². The largest absolute Gasteiger partial charge is 0.481 e. The molecule has 270 valence electrons. The highest BCUT2D eigenvalue weighted by atomic mass is 16.4. The second-order valence-corrected chi connectivity index (χ2v) is 12.7. The summed E-state index contributed by atoms with van der Waals surface area (Å²) >= 11 is 0. The van der Waals surface area contributed by atoms with Crippen LogP contribution in [-0.4, -0.2) is 82.5 Å². The number of likely N-dealkylation sites (N-methyl/N-ethyl adjacent to an activating group) is 1. The maximum Gasteiger partial charge on any atom is 0.303 e. The number of aliphatic hydroxyl groups excluding tert-OH is 1. The van der Waals surface area contributed by atoms with E-state index >= 15 is 0 Å². The van der Waals surface area contributed by atoms with E-state index in [0.29, 0.717) is 25.8 Å². The van der Waals surface area contributed by atoms with Crippen molar-refractivity contribution in [2.75, 3.05) is 6.54 Å². The van der Waals surface area contributed by atoms with E-state index < -0.39 is 59.9 Å². The van der Waals surface area contributed by atoms with Crippen LogP contribution in [0.15, 0.2) is 30.3 Å². The van der Waals surface area contributed by atoms with Crippen molar-refractivity contribution in [3.63, 3.8) is 0 Å². The minimum absolute atomic E-state index is 0.0412. The Morgan fingerprint density at radius 2 is 1.44 bits per heavy atom. The number of nitrogens with one attached hydrogen (secondary N) is 5. The number of carbonyl (C=O) groups excluding carboxylic acids is 5. The number of carboxylic acid groups (broad SMARTS) is 1. The molecule has 0 radical (unpaired) electrons. The van der Waals surface area contributed by atoms with Crippen LogP contribution in [0.25, 0.3) is 0 Å². The van der Waals surface area contributed by atoms with Crippen LogP contribution in [0.3, 0.4) is 0 Å². The lowest BCUT2D eigenvalue weighted by molar-refractivity contribution is -0.137. The van der Waals surface area contributed by atoms with Crippen molar-refractivity contribution in [2.45, 2.75) is 130 Å². The van der Waals surface area contributed by atoms with E-state index in [9.17, 15) is 33.9 Å². The van der Waals surface area contributed by atoms with Crippen LogP contribution < -0.4 is 26.6 Å². The molecule has 1 aromatic rings. The Morgan fingerprint density at radius 1 is 0.771 bits per heavy atom. The van der Waals surface area contributed by atoms with Gasteiger partial charge in [0.25, 0.3) is 0 Å². The van der Waals surface area contributed by atoms with Gasteiger partial charge in [0.15, 0.2) is 0 Å². The average molecular weight is 676 g/mol. The number of hydrogen-bond donors (Lipinski definition) is 7. The zero-order chi connectivity index (χ0) is 36.2. The number of aliphatic carboxylic acids is 1. The summed E-state index contributed by atoms with van der Waals surface area (Å²) in [4.78, 5) is 76.1. The highest BCUT2D eigenvalue weighted by Crippen LogP contribution is 2.14. The fourth-order valence-electron chi connectivity index (χ4n) is 5.21. The van der Waals surface area contributed by atoms with Gasteiger partial charge in [-0.25, -0.2) is 0 Å². The first kappa shape index (κ1) is 42.0. The van der Waals surface area contributed by atoms with E-state index in [-0.39, 0.29) is 56.3 Å². The molecule has 0 aliphatic rings. The zero-order valence-electron chi connectivity index (χ0n) is 29.3. The molecule has 0 spiro atoms. The molecule has 6 atom stereocenters. The van der Waals surface area contributed by atoms with E-state index in [1.54, 1.807) is 13.8 Å². The van der Waals surface area contributed by atoms with Gasteiger partial charge in [0.1, 0.15) is 18.1 Å². The SMILES string of the molecule is CCC[C@H](NC(=O)[C@@H](NC(=O)CCCC(=O)O)[C@@H](C)CC)C(=O)N[C@@H](CC(C)C)[C@@H](O)CC(=O)N[C@@H](Cc1ccccc1)C(=O)NCC. The molecule has 0 saturated carbocycles. The summed E-state index contributed by atoms with van der Waals surface area (Å²) in [6, 6.07) is 5.67. The second-order valence-electron chi connectivity index (χ2n) is 12.7. The molecular weight excluding hydrogens is 618 g/mol. The summed E-state index contributed by atoms with van der Waals surface area (Å²) in [5, 5.41) is 33.8. The molecule has 5 amide bonds. The predicted octanol–water partition coefficient (Wildman–Crippen LogP) is 2.20. The molecule has 0 aliphatic heterocycles. The number of hydrogen-bond acceptors (Lipinski definition) is 7. The quantitative estimate of drug-likeness (QED) is 0.0914. The number of carboxylic acids is 1. The topological polar surface area (TPSA) is 203 Å². The van der Waals surface area contributed by atoms with E-state index in [1.807, 2.05) is 58.0 Å². The van der Waals surface area contributed by atoms with Crippen molar-refractivity contribution < 1.29 is 39.0 Å². The maximum absolute atomic E-state index is 13.5. The summed E-state index contributed by atoms with van der Waals surface area (Å²) in [7, 11) is 0. The third kappa shape index (κ3) is 16.2. The van der Waals surface area contributed by atoms with Crippen molar-refractivity contribution in [2.24, 2.45) is 11.8 Å². The number of carbonyl (C=O) groups is 6. The molecule has 0 saturated heterocycles. The van der Waals surface area contributed by atoms with Gasteiger partial charge in [-0.15, -0.1) is 0 Å². The Balaban J connectivity index is 3.02. The van der Waals surface area contributed by atoms with Gasteiger partial charge in [0.2, 0.25) is 29.5 Å². The third-order valence-electron chi connectivity index (χ3n) is 8.01. The molecule has 7 N–H and O–H groups in total. The summed E-state index contributed by atoms with van der Waals surface area (Å²) < 4.78 is 0. The van der Waals surface area contributed by atoms with Crippen LogP contribution in [0.2, 0.25) is 0 Å². The fraction of sp³-hybridized carbons (Fsp3) is 0.657. The molecule has 13 heteroatoms. The highest BCUT2D eigenvalue weighted by Gasteiger charge is 2.32. The molecule has 0 bridgehead atoms. The molecule has 0 aromatic heterocycles. The summed E-state index contributed by atoms with van der Waals surface area (Å²) in [5.74, 6) is -3.66. The molecule has 1 aromatic carbocycles. The number of rotatable bonds is 23. The van der Waals surface area contributed by atoms with Crippen molar-refractivity contribution in [1.82, 2.24) is 26.6 Å². The first-order valence-corrected chi connectivity index (χ1v) is 17.1. The number of aliphatic hydroxyl groups is 1. The average Bonchev–Trinajstić information content (AvgIpc) is 3.02. The lowest BCUT2D eigenvalue weighted by atomic mass is 9.95. The Labute approximate surface area is 284 Å². The standard InChI is InChI=1S/C35H57N5O8/c1-7-14-25(38-35(48)32(23(6)8-2)40-29(42)17-13-18-31(44)45)34(47)39-26(19-22(4)5)28(41)21-30(43)37-27(33(46)36-9-3)20-24-15-11-10-12-16-24/h10-12,15-16,22-23,25-28,32,41H,7-9,13-14,17-21H2,1-6H3,(H,36,46)(H,37,43)(H,38,48)(H,39,47)(H,40,42)(H,44,45)/t23-,25-,26-,27-,28-,32-/m0/s1. The van der Waals surface area contributed by atoms with E-state index in [1.165, 1.54) is 0 Å². The van der Waals surface area contributed by atoms with Crippen molar-refractivity contribution in [3.05, 3.63) is 35.9 Å². The van der Waals surface area contributed by atoms with Crippen molar-refractivity contribution in [1.29, 1.82) is 0 Å². The molecule has 0 aliphatic carbocycles. The molecular formula is C35H57N5O8. The lowest BCUT2D eigenvalue weighted by Gasteiger charge is -2.30. The first-order valence-electron chi connectivity index (χ1n) is 17.1. The normalized spacial score (nSPS) is 14.8. The van der Waals surface area contributed by atoms with Gasteiger partial charge in [-0.3, -0.25) is 28.8 Å². The van der Waals surface area contributed by atoms with Crippen LogP contribution in [0.1, 0.15) is 98.5 Å². The molecule has 13 nitrogen and oxygen atoms in total. The van der Waals surface area contributed by atoms with E-state index in [0.717, 1.165) is 5.56 Å². The van der Waals surface area contributed by atoms with E-state index in [4.69, 9.17) is 5.11 Å². The minimum Gasteiger partial charge on any atom is -0.481 e. The van der Waals surface area contributed by atoms with Gasteiger partial charge >= 0.3 is 5.97 Å². The molecule has 1 rings (SSSR count). The summed E-state index contributed by atoms with van der Waals surface area (Å²) in [6.07, 6.45) is 0.286. The fourth-order valence-corrected chi connectivity index (χ4v) is 5.21. The van der Waals surface area contributed by atoms with Gasteiger partial charge in [-0.2, -0.15) is 0 Å². The third-order valence-corrected chi connectivity index (χ3v) is 8.01. The van der Waals surface area contributed by atoms with Crippen LogP contribution in [-0.2, 0) is 35.2 Å². The Hall–Kier alpha value is -4.00. The van der Waals surface area contributed by atoms with Crippen molar-refractivity contribution >= 4 is 35.5 Å². The van der Waals surface area contributed by atoms with Crippen molar-refractivity contribution in [3.8, 4) is 0 Å². The molecule has 0 fully saturated rings. The zero-order valence-corrected chi connectivity index (χ0v) is 29.3. The first-order chi connectivity index (χ1) is 22.7. The highest BCUT2D eigenvalue weighted by molar-refractivity contribution is 5.92. The Kier molecular flexibility index (Phi) is 19.7. The smallest absolute Gasteiger partial charge is 0.303 e. The van der Waals surface area contributed by atoms with Crippen LogP contribution in [0, 0.1) is 11.8 Å². The second kappa shape index (κ2) is 22.5. The van der Waals surface area contributed by atoms with Gasteiger partial charge in [0, 0.05) is 25.8 Å². The Bertz CT molecular complexity index is 1180. The minimum atomic E-state index is -1.28. The predicted molar refractivity (Wildman–Crippen MR) is 182 cm³/mol. The van der Waals surface area contributed by atoms with Crippen LogP contribution >= 0.6 is 0 Å². The lowest BCUT2D eigenvalue weighted by Crippen LogP contribution is -2.57. The maximum atomic E-state index is 13.5. The van der Waals surface area contributed by atoms with E-state index in [2.05, 4.69) is 26.6 Å². The summed E-state index contributed by atoms with van der Waals surface area (Å²) in [5.41, 5.74) is 0.858. The summed E-state index contributed by atoms with van der Waals surface area (Å²) in [6.45, 7) is 11.5. The number of amides is 5. The number of benzene rings is 1. The Morgan fingerprint density at radius 3 is 2.00 bits per heavy atom. The van der Waals surface area contributed by atoms with Crippen LogP contribution in [0.5, 0.6) is 0 Å². The molecule has 48 heavy (non-hydrogen) atoms. The molecule has 0 unspecified atom stereocenters. The monoisotopic (exact) mass is 675 g/mol. The molecule has 0 heterocycles.